The highest BCUT2D eigenvalue weighted by Crippen LogP contribution is 2.26. The molecule has 0 fully saturated rings. The molecule has 3 heteroatoms. The number of carbonyl (C=O) groups is 1. The quantitative estimate of drug-likeness (QED) is 0.792. The first-order chi connectivity index (χ1) is 7.63. The maximum absolute atomic E-state index is 11.8. The summed E-state index contributed by atoms with van der Waals surface area (Å²) in [5, 5.41) is 2.89. The monoisotopic (exact) mass is 218 g/mol. The molecule has 1 heterocycles. The van der Waals surface area contributed by atoms with Gasteiger partial charge in [-0.25, -0.2) is 0 Å². The Kier molecular flexibility index (Phi) is 2.97. The smallest absolute Gasteiger partial charge is 0.251 e. The fraction of sp³-hybridized carbons (Fsp3) is 0.462. The summed E-state index contributed by atoms with van der Waals surface area (Å²) in [5.74, 6) is 0.729. The van der Waals surface area contributed by atoms with E-state index in [0.29, 0.717) is 19.0 Å². The lowest BCUT2D eigenvalue weighted by molar-refractivity contribution is 0.0940. The van der Waals surface area contributed by atoms with E-state index in [4.69, 9.17) is 5.73 Å². The molecule has 86 valence electrons. The average Bonchev–Trinajstić information content (AvgIpc) is 2.29. The summed E-state index contributed by atoms with van der Waals surface area (Å²) in [6.45, 7) is 5.49. The molecule has 1 unspecified atom stereocenters. The summed E-state index contributed by atoms with van der Waals surface area (Å²) in [6.07, 6.45) is 0. The standard InChI is InChI=1S/C13H18N2O/c1-8(2)9-3-4-11-10(6-14)7-15-13(16)12(11)5-9/h3-5,8,10H,6-7,14H2,1-2H3,(H,15,16). The minimum atomic E-state index is 0.0298. The van der Waals surface area contributed by atoms with E-state index in [1.165, 1.54) is 5.56 Å². The van der Waals surface area contributed by atoms with Gasteiger partial charge in [-0.2, -0.15) is 0 Å². The van der Waals surface area contributed by atoms with Gasteiger partial charge >= 0.3 is 0 Å². The Labute approximate surface area is 96.0 Å². The van der Waals surface area contributed by atoms with Crippen molar-refractivity contribution < 1.29 is 4.79 Å². The molecular formula is C13H18N2O. The van der Waals surface area contributed by atoms with Gasteiger partial charge in [-0.1, -0.05) is 26.0 Å². The number of rotatable bonds is 2. The number of nitrogens with one attached hydrogen (secondary N) is 1. The predicted molar refractivity (Wildman–Crippen MR) is 64.7 cm³/mol. The van der Waals surface area contributed by atoms with Crippen molar-refractivity contribution in [1.82, 2.24) is 5.32 Å². The van der Waals surface area contributed by atoms with Crippen LogP contribution in [-0.2, 0) is 0 Å². The van der Waals surface area contributed by atoms with Gasteiger partial charge in [0.15, 0.2) is 0 Å². The van der Waals surface area contributed by atoms with Crippen LogP contribution in [0.1, 0.15) is 47.2 Å². The van der Waals surface area contributed by atoms with E-state index >= 15 is 0 Å². The van der Waals surface area contributed by atoms with Crippen LogP contribution in [0.3, 0.4) is 0 Å². The predicted octanol–water partition coefficient (Wildman–Crippen LogP) is 1.60. The Hall–Kier alpha value is -1.35. The van der Waals surface area contributed by atoms with Gasteiger partial charge in [0.2, 0.25) is 0 Å². The summed E-state index contributed by atoms with van der Waals surface area (Å²) >= 11 is 0. The van der Waals surface area contributed by atoms with Gasteiger partial charge < -0.3 is 11.1 Å². The summed E-state index contributed by atoms with van der Waals surface area (Å²) in [7, 11) is 0. The molecule has 0 aromatic heterocycles. The highest BCUT2D eigenvalue weighted by Gasteiger charge is 2.24. The third kappa shape index (κ3) is 1.83. The van der Waals surface area contributed by atoms with Crippen LogP contribution in [0.15, 0.2) is 18.2 Å². The number of hydrogen-bond acceptors (Lipinski definition) is 2. The molecule has 0 radical (unpaired) electrons. The van der Waals surface area contributed by atoms with Crippen molar-refractivity contribution in [3.8, 4) is 0 Å². The van der Waals surface area contributed by atoms with E-state index in [-0.39, 0.29) is 11.8 Å². The number of amides is 1. The highest BCUT2D eigenvalue weighted by molar-refractivity contribution is 5.97. The largest absolute Gasteiger partial charge is 0.351 e. The van der Waals surface area contributed by atoms with Gasteiger partial charge in [-0.3, -0.25) is 4.79 Å². The number of hydrogen-bond donors (Lipinski definition) is 2. The Bertz CT molecular complexity index is 412. The first-order valence-corrected chi connectivity index (χ1v) is 5.75. The molecule has 2 rings (SSSR count). The maximum Gasteiger partial charge on any atom is 0.251 e. The Morgan fingerprint density at radius 3 is 2.88 bits per heavy atom. The number of benzene rings is 1. The SMILES string of the molecule is CC(C)c1ccc2c(c1)C(=O)NCC2CN. The van der Waals surface area contributed by atoms with Crippen LogP contribution in [0.25, 0.3) is 0 Å². The van der Waals surface area contributed by atoms with Gasteiger partial charge in [-0.05, 0) is 23.1 Å². The molecular weight excluding hydrogens is 200 g/mol. The topological polar surface area (TPSA) is 55.1 Å². The fourth-order valence-corrected chi connectivity index (χ4v) is 2.12. The van der Waals surface area contributed by atoms with Crippen molar-refractivity contribution in [2.75, 3.05) is 13.1 Å². The second-order valence-corrected chi connectivity index (χ2v) is 4.64. The van der Waals surface area contributed by atoms with Crippen LogP contribution >= 0.6 is 0 Å². The van der Waals surface area contributed by atoms with Gasteiger partial charge in [0.25, 0.3) is 5.91 Å². The number of carbonyl (C=O) groups excluding carboxylic acids is 1. The summed E-state index contributed by atoms with van der Waals surface area (Å²) < 4.78 is 0. The Balaban J connectivity index is 2.47. The molecule has 0 saturated heterocycles. The van der Waals surface area contributed by atoms with E-state index in [0.717, 1.165) is 11.1 Å². The molecule has 16 heavy (non-hydrogen) atoms. The van der Waals surface area contributed by atoms with Crippen molar-refractivity contribution in [1.29, 1.82) is 0 Å². The molecule has 0 saturated carbocycles. The van der Waals surface area contributed by atoms with Crippen LogP contribution in [0.5, 0.6) is 0 Å². The maximum atomic E-state index is 11.8. The van der Waals surface area contributed by atoms with Gasteiger partial charge in [0, 0.05) is 24.6 Å². The highest BCUT2D eigenvalue weighted by atomic mass is 16.1. The molecule has 3 N–H and O–H groups in total. The number of fused-ring (bicyclic) bond motifs is 1. The average molecular weight is 218 g/mol. The molecule has 0 aliphatic carbocycles. The Morgan fingerprint density at radius 1 is 1.50 bits per heavy atom. The van der Waals surface area contributed by atoms with Crippen molar-refractivity contribution >= 4 is 5.91 Å². The lowest BCUT2D eigenvalue weighted by Gasteiger charge is -2.25. The van der Waals surface area contributed by atoms with Crippen LogP contribution in [0.4, 0.5) is 0 Å². The van der Waals surface area contributed by atoms with Crippen molar-refractivity contribution in [2.45, 2.75) is 25.7 Å². The van der Waals surface area contributed by atoms with Gasteiger partial charge in [0.1, 0.15) is 0 Å². The Morgan fingerprint density at radius 2 is 2.25 bits per heavy atom. The van der Waals surface area contributed by atoms with E-state index in [1.807, 2.05) is 6.07 Å². The van der Waals surface area contributed by atoms with E-state index in [1.54, 1.807) is 0 Å². The van der Waals surface area contributed by atoms with Crippen molar-refractivity contribution in [3.63, 3.8) is 0 Å². The third-order valence-electron chi connectivity index (χ3n) is 3.22. The van der Waals surface area contributed by atoms with Crippen molar-refractivity contribution in [3.05, 3.63) is 34.9 Å². The van der Waals surface area contributed by atoms with Crippen molar-refractivity contribution in [2.24, 2.45) is 5.73 Å². The zero-order valence-corrected chi connectivity index (χ0v) is 9.79. The third-order valence-corrected chi connectivity index (χ3v) is 3.22. The molecule has 0 spiro atoms. The van der Waals surface area contributed by atoms with Crippen LogP contribution in [-0.4, -0.2) is 19.0 Å². The molecule has 1 aliphatic rings. The zero-order valence-electron chi connectivity index (χ0n) is 9.79. The minimum absolute atomic E-state index is 0.0298. The van der Waals surface area contributed by atoms with Crippen LogP contribution in [0.2, 0.25) is 0 Å². The van der Waals surface area contributed by atoms with E-state index in [2.05, 4.69) is 31.3 Å². The zero-order chi connectivity index (χ0) is 11.7. The molecule has 1 amide bonds. The first kappa shape index (κ1) is 11.1. The van der Waals surface area contributed by atoms with E-state index in [9.17, 15) is 4.79 Å². The molecule has 1 aromatic carbocycles. The van der Waals surface area contributed by atoms with Crippen LogP contribution < -0.4 is 11.1 Å². The molecule has 0 bridgehead atoms. The lowest BCUT2D eigenvalue weighted by Crippen LogP contribution is -2.37. The van der Waals surface area contributed by atoms with Gasteiger partial charge in [-0.15, -0.1) is 0 Å². The van der Waals surface area contributed by atoms with E-state index < -0.39 is 0 Å². The summed E-state index contributed by atoms with van der Waals surface area (Å²) in [5.41, 5.74) is 8.80. The second kappa shape index (κ2) is 4.26. The molecule has 1 aliphatic heterocycles. The first-order valence-electron chi connectivity index (χ1n) is 5.75. The van der Waals surface area contributed by atoms with Gasteiger partial charge in [0.05, 0.1) is 0 Å². The summed E-state index contributed by atoms with van der Waals surface area (Å²) in [4.78, 5) is 11.8. The van der Waals surface area contributed by atoms with Crippen LogP contribution in [0, 0.1) is 0 Å². The molecule has 1 atom stereocenters. The second-order valence-electron chi connectivity index (χ2n) is 4.64. The number of nitrogens with two attached hydrogens (primary N) is 1. The lowest BCUT2D eigenvalue weighted by atomic mass is 9.87. The molecule has 3 nitrogen and oxygen atoms in total. The summed E-state index contributed by atoms with van der Waals surface area (Å²) in [6, 6.07) is 6.16. The fourth-order valence-electron chi connectivity index (χ4n) is 2.12. The normalized spacial score (nSPS) is 19.5. The molecule has 1 aromatic rings. The minimum Gasteiger partial charge on any atom is -0.351 e.